The van der Waals surface area contributed by atoms with Gasteiger partial charge in [0.15, 0.2) is 0 Å². The predicted molar refractivity (Wildman–Crippen MR) is 72.0 cm³/mol. The maximum atomic E-state index is 8.99. The number of hydrogen-bond acceptors (Lipinski definition) is 3. The van der Waals surface area contributed by atoms with E-state index in [1.165, 1.54) is 5.56 Å². The molecular weight excluding hydrogens is 250 g/mol. The normalized spacial score (nSPS) is 29.6. The molecule has 3 unspecified atom stereocenters. The minimum atomic E-state index is 0.170. The Morgan fingerprint density at radius 3 is 3.17 bits per heavy atom. The summed E-state index contributed by atoms with van der Waals surface area (Å²) in [5.41, 5.74) is 2.32. The summed E-state index contributed by atoms with van der Waals surface area (Å²) in [4.78, 5) is 0. The van der Waals surface area contributed by atoms with Crippen LogP contribution < -0.4 is 5.32 Å². The van der Waals surface area contributed by atoms with Gasteiger partial charge in [-0.15, -0.1) is 0 Å². The molecule has 0 aromatic heterocycles. The summed E-state index contributed by atoms with van der Waals surface area (Å²) in [6, 6.07) is 6.35. The van der Waals surface area contributed by atoms with Crippen LogP contribution in [0.25, 0.3) is 0 Å². The molecule has 0 aliphatic carbocycles. The third-order valence-electron chi connectivity index (χ3n) is 3.99. The van der Waals surface area contributed by atoms with Crippen LogP contribution in [0.2, 0.25) is 5.02 Å². The molecule has 2 aliphatic heterocycles. The van der Waals surface area contributed by atoms with Crippen molar-refractivity contribution in [3.8, 4) is 0 Å². The summed E-state index contributed by atoms with van der Waals surface area (Å²) in [6.07, 6.45) is 3.08. The van der Waals surface area contributed by atoms with E-state index in [1.54, 1.807) is 0 Å². The highest BCUT2D eigenvalue weighted by Gasteiger charge is 2.40. The monoisotopic (exact) mass is 267 g/mol. The Balaban J connectivity index is 1.89. The summed E-state index contributed by atoms with van der Waals surface area (Å²) in [5.74, 6) is 0.502. The summed E-state index contributed by atoms with van der Waals surface area (Å²) < 4.78 is 5.89. The molecule has 1 aromatic rings. The Kier molecular flexibility index (Phi) is 3.46. The zero-order valence-electron chi connectivity index (χ0n) is 10.2. The van der Waals surface area contributed by atoms with E-state index in [4.69, 9.17) is 21.4 Å². The van der Waals surface area contributed by atoms with Gasteiger partial charge in [0.2, 0.25) is 0 Å². The molecule has 2 heterocycles. The molecule has 2 N–H and O–H groups in total. The van der Waals surface area contributed by atoms with Crippen molar-refractivity contribution in [2.24, 2.45) is 5.92 Å². The zero-order chi connectivity index (χ0) is 12.5. The third-order valence-corrected chi connectivity index (χ3v) is 4.22. The van der Waals surface area contributed by atoms with Gasteiger partial charge in [0, 0.05) is 41.4 Å². The molecule has 3 nitrogen and oxygen atoms in total. The first-order valence-electron chi connectivity index (χ1n) is 6.58. The second-order valence-electron chi connectivity index (χ2n) is 5.09. The van der Waals surface area contributed by atoms with E-state index in [2.05, 4.69) is 5.32 Å². The van der Waals surface area contributed by atoms with Crippen molar-refractivity contribution in [3.63, 3.8) is 0 Å². The van der Waals surface area contributed by atoms with Gasteiger partial charge >= 0.3 is 0 Å². The number of benzene rings is 1. The van der Waals surface area contributed by atoms with Crippen LogP contribution in [0.5, 0.6) is 0 Å². The number of aliphatic hydroxyl groups is 1. The fourth-order valence-corrected chi connectivity index (χ4v) is 3.32. The smallest absolute Gasteiger partial charge is 0.0893 e. The molecule has 0 radical (unpaired) electrons. The number of hydrogen-bond donors (Lipinski definition) is 2. The van der Waals surface area contributed by atoms with Crippen molar-refractivity contribution in [2.75, 3.05) is 18.5 Å². The molecule has 4 heteroatoms. The molecule has 3 rings (SSSR count). The lowest BCUT2D eigenvalue weighted by molar-refractivity contribution is 0.0813. The van der Waals surface area contributed by atoms with E-state index >= 15 is 0 Å². The Labute approximate surface area is 112 Å². The molecule has 0 amide bonds. The zero-order valence-corrected chi connectivity index (χ0v) is 11.0. The topological polar surface area (TPSA) is 41.5 Å². The average molecular weight is 268 g/mol. The van der Waals surface area contributed by atoms with Crippen molar-refractivity contribution < 1.29 is 9.84 Å². The van der Waals surface area contributed by atoms with Crippen molar-refractivity contribution in [1.82, 2.24) is 0 Å². The van der Waals surface area contributed by atoms with E-state index in [0.717, 1.165) is 36.6 Å². The minimum Gasteiger partial charge on any atom is -0.396 e. The summed E-state index contributed by atoms with van der Waals surface area (Å²) >= 11 is 6.07. The average Bonchev–Trinajstić information content (AvgIpc) is 2.86. The van der Waals surface area contributed by atoms with Gasteiger partial charge in [-0.05, 0) is 37.5 Å². The fraction of sp³-hybridized carbons (Fsp3) is 0.571. The van der Waals surface area contributed by atoms with Gasteiger partial charge in [-0.25, -0.2) is 0 Å². The van der Waals surface area contributed by atoms with Gasteiger partial charge < -0.3 is 15.2 Å². The second-order valence-corrected chi connectivity index (χ2v) is 5.53. The van der Waals surface area contributed by atoms with Crippen LogP contribution in [0.4, 0.5) is 5.69 Å². The van der Waals surface area contributed by atoms with Crippen LogP contribution in [0.3, 0.4) is 0 Å². The van der Waals surface area contributed by atoms with E-state index < -0.39 is 0 Å². The lowest BCUT2D eigenvalue weighted by Crippen LogP contribution is -2.36. The van der Waals surface area contributed by atoms with Crippen LogP contribution in [0.15, 0.2) is 18.2 Å². The van der Waals surface area contributed by atoms with Gasteiger partial charge in [-0.1, -0.05) is 11.6 Å². The molecule has 1 fully saturated rings. The predicted octanol–water partition coefficient (Wildman–Crippen LogP) is 2.98. The molecule has 2 aliphatic rings. The number of ether oxygens (including phenoxy) is 1. The van der Waals surface area contributed by atoms with Crippen LogP contribution in [0, 0.1) is 5.92 Å². The number of rotatable bonds is 3. The van der Waals surface area contributed by atoms with Crippen molar-refractivity contribution >= 4 is 17.3 Å². The van der Waals surface area contributed by atoms with Gasteiger partial charge in [-0.2, -0.15) is 0 Å². The SMILES string of the molecule is OCCCC1Nc2ccc(Cl)cc2C2OCCC12. The largest absolute Gasteiger partial charge is 0.396 e. The number of halogens is 1. The van der Waals surface area contributed by atoms with Crippen LogP contribution in [-0.2, 0) is 4.74 Å². The Morgan fingerprint density at radius 2 is 2.33 bits per heavy atom. The molecular formula is C14H18ClNO2. The van der Waals surface area contributed by atoms with Crippen molar-refractivity contribution in [1.29, 1.82) is 0 Å². The number of aliphatic hydroxyl groups excluding tert-OH is 1. The van der Waals surface area contributed by atoms with Crippen LogP contribution >= 0.6 is 11.6 Å². The fourth-order valence-electron chi connectivity index (χ4n) is 3.14. The molecule has 3 atom stereocenters. The maximum absolute atomic E-state index is 8.99. The Hall–Kier alpha value is -0.770. The van der Waals surface area contributed by atoms with Crippen molar-refractivity contribution in [2.45, 2.75) is 31.4 Å². The Morgan fingerprint density at radius 1 is 1.44 bits per heavy atom. The number of fused-ring (bicyclic) bond motifs is 3. The molecule has 98 valence electrons. The standard InChI is InChI=1S/C14H18ClNO2/c15-9-3-4-13-11(8-9)14-10(5-7-18-14)12(16-13)2-1-6-17/h3-4,8,10,12,14,16-17H,1-2,5-7H2. The third kappa shape index (κ3) is 2.11. The van der Waals surface area contributed by atoms with Crippen LogP contribution in [0.1, 0.15) is 30.9 Å². The lowest BCUT2D eigenvalue weighted by atomic mass is 9.82. The molecule has 18 heavy (non-hydrogen) atoms. The first kappa shape index (κ1) is 12.3. The quantitative estimate of drug-likeness (QED) is 0.885. The van der Waals surface area contributed by atoms with Gasteiger partial charge in [0.1, 0.15) is 0 Å². The maximum Gasteiger partial charge on any atom is 0.0893 e. The highest BCUT2D eigenvalue weighted by molar-refractivity contribution is 6.30. The number of anilines is 1. The number of nitrogens with one attached hydrogen (secondary N) is 1. The Bertz CT molecular complexity index is 438. The van der Waals surface area contributed by atoms with E-state index in [1.807, 2.05) is 18.2 Å². The van der Waals surface area contributed by atoms with Crippen LogP contribution in [-0.4, -0.2) is 24.4 Å². The molecule has 1 saturated heterocycles. The molecule has 0 saturated carbocycles. The van der Waals surface area contributed by atoms with Gasteiger partial charge in [0.25, 0.3) is 0 Å². The van der Waals surface area contributed by atoms with Crippen molar-refractivity contribution in [3.05, 3.63) is 28.8 Å². The lowest BCUT2D eigenvalue weighted by Gasteiger charge is -2.36. The minimum absolute atomic E-state index is 0.170. The summed E-state index contributed by atoms with van der Waals surface area (Å²) in [5, 5.41) is 13.3. The van der Waals surface area contributed by atoms with E-state index in [0.29, 0.717) is 12.0 Å². The molecule has 0 bridgehead atoms. The van der Waals surface area contributed by atoms with Gasteiger partial charge in [0.05, 0.1) is 6.10 Å². The molecule has 0 spiro atoms. The second kappa shape index (κ2) is 5.08. The highest BCUT2D eigenvalue weighted by atomic mass is 35.5. The first-order valence-corrected chi connectivity index (χ1v) is 6.96. The van der Waals surface area contributed by atoms with E-state index in [-0.39, 0.29) is 12.7 Å². The summed E-state index contributed by atoms with van der Waals surface area (Å²) in [6.45, 7) is 1.07. The van der Waals surface area contributed by atoms with Gasteiger partial charge in [-0.3, -0.25) is 0 Å². The summed E-state index contributed by atoms with van der Waals surface area (Å²) in [7, 11) is 0. The van der Waals surface area contributed by atoms with E-state index in [9.17, 15) is 0 Å². The first-order chi connectivity index (χ1) is 8.79. The molecule has 1 aromatic carbocycles. The highest BCUT2D eigenvalue weighted by Crippen LogP contribution is 2.46.